The average Bonchev–Trinajstić information content (AvgIpc) is 2.18. The van der Waals surface area contributed by atoms with Gasteiger partial charge in [0.15, 0.2) is 5.78 Å². The fraction of sp³-hybridized carbons (Fsp3) is 0.917. The first-order chi connectivity index (χ1) is 7.04. The summed E-state index contributed by atoms with van der Waals surface area (Å²) >= 11 is 0. The summed E-state index contributed by atoms with van der Waals surface area (Å²) in [6.45, 7) is 4.24. The van der Waals surface area contributed by atoms with Crippen LogP contribution < -0.4 is 11.5 Å². The maximum atomic E-state index is 11.7. The van der Waals surface area contributed by atoms with Crippen LogP contribution in [0.1, 0.15) is 65.2 Å². The summed E-state index contributed by atoms with van der Waals surface area (Å²) < 4.78 is 0. The number of nitrogens with two attached hydrogens (primary N) is 2. The van der Waals surface area contributed by atoms with E-state index in [1.54, 1.807) is 0 Å². The molecular formula is C12H26N2O. The van der Waals surface area contributed by atoms with E-state index < -0.39 is 5.66 Å². The summed E-state index contributed by atoms with van der Waals surface area (Å²) in [5.41, 5.74) is 10.5. The average molecular weight is 214 g/mol. The van der Waals surface area contributed by atoms with Crippen LogP contribution in [0.4, 0.5) is 0 Å². The minimum absolute atomic E-state index is 0.0204. The first-order valence-corrected chi connectivity index (χ1v) is 6.15. The fourth-order valence-corrected chi connectivity index (χ4v) is 1.58. The predicted octanol–water partition coefficient (Wildman–Crippen LogP) is 2.33. The zero-order valence-corrected chi connectivity index (χ0v) is 10.2. The molecule has 0 aromatic carbocycles. The molecule has 0 unspecified atom stereocenters. The maximum Gasteiger partial charge on any atom is 0.166 e. The van der Waals surface area contributed by atoms with E-state index in [1.807, 2.05) is 0 Å². The van der Waals surface area contributed by atoms with E-state index in [1.165, 1.54) is 0 Å². The molecule has 0 aromatic heterocycles. The molecule has 4 N–H and O–H groups in total. The van der Waals surface area contributed by atoms with Crippen LogP contribution in [0.25, 0.3) is 0 Å². The number of unbranched alkanes of at least 4 members (excludes halogenated alkanes) is 4. The van der Waals surface area contributed by atoms with E-state index in [4.69, 9.17) is 11.5 Å². The Balaban J connectivity index is 3.80. The highest BCUT2D eigenvalue weighted by Gasteiger charge is 2.27. The van der Waals surface area contributed by atoms with Crippen LogP contribution in [0.2, 0.25) is 0 Å². The lowest BCUT2D eigenvalue weighted by Crippen LogP contribution is -2.56. The molecule has 0 aromatic rings. The van der Waals surface area contributed by atoms with Gasteiger partial charge in [0.2, 0.25) is 0 Å². The summed E-state index contributed by atoms with van der Waals surface area (Å²) in [6, 6.07) is 0. The summed E-state index contributed by atoms with van der Waals surface area (Å²) in [6.07, 6.45) is 7.43. The van der Waals surface area contributed by atoms with Crippen LogP contribution >= 0.6 is 0 Å². The van der Waals surface area contributed by atoms with Crippen LogP contribution in [0.3, 0.4) is 0 Å². The molecule has 0 saturated heterocycles. The van der Waals surface area contributed by atoms with Gasteiger partial charge in [-0.1, -0.05) is 39.5 Å². The van der Waals surface area contributed by atoms with Crippen molar-refractivity contribution >= 4 is 5.78 Å². The third kappa shape index (κ3) is 6.63. The van der Waals surface area contributed by atoms with Crippen molar-refractivity contribution < 1.29 is 4.79 Å². The second-order valence-corrected chi connectivity index (χ2v) is 4.38. The first kappa shape index (κ1) is 14.6. The normalized spacial score (nSPS) is 11.7. The van der Waals surface area contributed by atoms with Crippen LogP contribution in [0, 0.1) is 0 Å². The molecule has 3 heteroatoms. The number of rotatable bonds is 9. The highest BCUT2D eigenvalue weighted by atomic mass is 16.1. The molecule has 0 radical (unpaired) electrons. The number of carbonyl (C=O) groups is 1. The number of hydrogen-bond donors (Lipinski definition) is 2. The molecule has 0 bridgehead atoms. The molecule has 0 spiro atoms. The molecule has 0 rings (SSSR count). The van der Waals surface area contributed by atoms with Crippen molar-refractivity contribution in [1.29, 1.82) is 0 Å². The molecule has 0 heterocycles. The molecule has 0 aliphatic heterocycles. The molecule has 0 aliphatic rings. The Kier molecular flexibility index (Phi) is 7.61. The number of hydrogen-bond acceptors (Lipinski definition) is 3. The summed E-state index contributed by atoms with van der Waals surface area (Å²) in [5, 5.41) is 0. The fourth-order valence-electron chi connectivity index (χ4n) is 1.58. The Labute approximate surface area is 93.6 Å². The van der Waals surface area contributed by atoms with Gasteiger partial charge in [-0.15, -0.1) is 0 Å². The smallest absolute Gasteiger partial charge is 0.166 e. The van der Waals surface area contributed by atoms with E-state index >= 15 is 0 Å². The van der Waals surface area contributed by atoms with Crippen LogP contribution in [-0.2, 0) is 4.79 Å². The van der Waals surface area contributed by atoms with Crippen LogP contribution in [0.15, 0.2) is 0 Å². The van der Waals surface area contributed by atoms with Crippen molar-refractivity contribution in [3.05, 3.63) is 0 Å². The van der Waals surface area contributed by atoms with E-state index in [-0.39, 0.29) is 5.78 Å². The van der Waals surface area contributed by atoms with E-state index in [2.05, 4.69) is 13.8 Å². The highest BCUT2D eigenvalue weighted by Crippen LogP contribution is 2.12. The van der Waals surface area contributed by atoms with Gasteiger partial charge in [0.05, 0.1) is 0 Å². The van der Waals surface area contributed by atoms with Gasteiger partial charge in [-0.25, -0.2) is 0 Å². The summed E-state index contributed by atoms with van der Waals surface area (Å²) in [5.74, 6) is 0.0204. The predicted molar refractivity (Wildman–Crippen MR) is 64.4 cm³/mol. The van der Waals surface area contributed by atoms with Crippen molar-refractivity contribution in [2.24, 2.45) is 11.5 Å². The zero-order valence-electron chi connectivity index (χ0n) is 10.2. The van der Waals surface area contributed by atoms with Crippen LogP contribution in [-0.4, -0.2) is 11.4 Å². The second kappa shape index (κ2) is 7.83. The lowest BCUT2D eigenvalue weighted by atomic mass is 9.95. The Hall–Kier alpha value is -0.410. The molecule has 0 atom stereocenters. The molecule has 0 aliphatic carbocycles. The third-order valence-corrected chi connectivity index (χ3v) is 2.72. The second-order valence-electron chi connectivity index (χ2n) is 4.38. The highest BCUT2D eigenvalue weighted by molar-refractivity contribution is 5.87. The van der Waals surface area contributed by atoms with Crippen molar-refractivity contribution in [3.63, 3.8) is 0 Å². The van der Waals surface area contributed by atoms with Gasteiger partial charge in [-0.3, -0.25) is 4.79 Å². The third-order valence-electron chi connectivity index (χ3n) is 2.72. The van der Waals surface area contributed by atoms with E-state index in [9.17, 15) is 4.79 Å². The van der Waals surface area contributed by atoms with Gasteiger partial charge >= 0.3 is 0 Å². The van der Waals surface area contributed by atoms with Crippen molar-refractivity contribution in [2.75, 3.05) is 0 Å². The molecule has 90 valence electrons. The van der Waals surface area contributed by atoms with Gasteiger partial charge in [-0.2, -0.15) is 0 Å². The molecule has 0 saturated carbocycles. The van der Waals surface area contributed by atoms with Gasteiger partial charge < -0.3 is 11.5 Å². The van der Waals surface area contributed by atoms with Crippen molar-refractivity contribution in [3.8, 4) is 0 Å². The minimum atomic E-state index is -1.08. The molecule has 0 fully saturated rings. The summed E-state index contributed by atoms with van der Waals surface area (Å²) in [4.78, 5) is 11.7. The molecule has 0 amide bonds. The van der Waals surface area contributed by atoms with Gasteiger partial charge in [0.1, 0.15) is 5.66 Å². The van der Waals surface area contributed by atoms with E-state index in [0.29, 0.717) is 12.8 Å². The van der Waals surface area contributed by atoms with Crippen LogP contribution in [0.5, 0.6) is 0 Å². The molecule has 3 nitrogen and oxygen atoms in total. The first-order valence-electron chi connectivity index (χ1n) is 6.15. The Morgan fingerprint density at radius 2 is 1.53 bits per heavy atom. The lowest BCUT2D eigenvalue weighted by Gasteiger charge is -2.22. The molecule has 15 heavy (non-hydrogen) atoms. The maximum absolute atomic E-state index is 11.7. The van der Waals surface area contributed by atoms with Gasteiger partial charge in [-0.05, 0) is 19.3 Å². The Bertz CT molecular complexity index is 178. The number of Topliss-reactive ketones (excluding diaryl/α,β-unsaturated/α-hetero) is 1. The summed E-state index contributed by atoms with van der Waals surface area (Å²) in [7, 11) is 0. The largest absolute Gasteiger partial charge is 0.307 e. The number of ketones is 1. The topological polar surface area (TPSA) is 69.1 Å². The van der Waals surface area contributed by atoms with Crippen molar-refractivity contribution in [2.45, 2.75) is 70.9 Å². The van der Waals surface area contributed by atoms with Gasteiger partial charge in [0.25, 0.3) is 0 Å². The Morgan fingerprint density at radius 1 is 1.00 bits per heavy atom. The SMILES string of the molecule is CCCCCC(=O)C(N)(N)CCCCC. The lowest BCUT2D eigenvalue weighted by molar-refractivity contribution is -0.124. The minimum Gasteiger partial charge on any atom is -0.307 e. The van der Waals surface area contributed by atoms with Gasteiger partial charge in [0, 0.05) is 6.42 Å². The Morgan fingerprint density at radius 3 is 2.07 bits per heavy atom. The standard InChI is InChI=1S/C12H26N2O/c1-3-5-7-9-11(15)12(13,14)10-8-6-4-2/h3-10,13-14H2,1-2H3. The zero-order chi connectivity index (χ0) is 11.7. The monoisotopic (exact) mass is 214 g/mol. The van der Waals surface area contributed by atoms with Crippen molar-refractivity contribution in [1.82, 2.24) is 0 Å². The number of carbonyl (C=O) groups excluding carboxylic acids is 1. The quantitative estimate of drug-likeness (QED) is 0.457. The van der Waals surface area contributed by atoms with E-state index in [0.717, 1.165) is 38.5 Å². The molecular weight excluding hydrogens is 188 g/mol.